The maximum absolute atomic E-state index is 13.1. The van der Waals surface area contributed by atoms with Crippen LogP contribution in [0.1, 0.15) is 70.3 Å². The molecular weight excluding hydrogens is 563 g/mol. The van der Waals surface area contributed by atoms with Gasteiger partial charge in [-0.15, -0.1) is 0 Å². The molecule has 0 saturated heterocycles. The SMILES string of the molecule is CCC(=O)Nc1ccc(S(=O)(=O)Nc2ccc(C3(C(=O)NC4CCCCCC4)CC3)cc2)cc1.O=C(O)C(F)(F)F. The number of aliphatic carboxylic acids is 1. The van der Waals surface area contributed by atoms with Crippen LogP contribution in [0.25, 0.3) is 0 Å². The Hall–Kier alpha value is -3.61. The number of hydrogen-bond acceptors (Lipinski definition) is 5. The quantitative estimate of drug-likeness (QED) is 0.303. The predicted molar refractivity (Wildman–Crippen MR) is 147 cm³/mol. The summed E-state index contributed by atoms with van der Waals surface area (Å²) < 4.78 is 59.9. The van der Waals surface area contributed by atoms with Crippen LogP contribution in [0.15, 0.2) is 53.4 Å². The second-order valence-corrected chi connectivity index (χ2v) is 11.8. The number of sulfonamides is 1. The smallest absolute Gasteiger partial charge is 0.475 e. The minimum Gasteiger partial charge on any atom is -0.475 e. The van der Waals surface area contributed by atoms with Crippen molar-refractivity contribution in [3.8, 4) is 0 Å². The maximum Gasteiger partial charge on any atom is 0.490 e. The molecule has 41 heavy (non-hydrogen) atoms. The van der Waals surface area contributed by atoms with Crippen LogP contribution in [0.2, 0.25) is 0 Å². The highest BCUT2D eigenvalue weighted by atomic mass is 32.2. The third kappa shape index (κ3) is 8.94. The van der Waals surface area contributed by atoms with Crippen molar-refractivity contribution in [3.63, 3.8) is 0 Å². The Balaban J connectivity index is 0.000000587. The number of rotatable bonds is 8. The van der Waals surface area contributed by atoms with Gasteiger partial charge in [0.1, 0.15) is 0 Å². The highest BCUT2D eigenvalue weighted by Gasteiger charge is 2.51. The summed E-state index contributed by atoms with van der Waals surface area (Å²) in [6, 6.07) is 13.4. The highest BCUT2D eigenvalue weighted by Crippen LogP contribution is 2.49. The van der Waals surface area contributed by atoms with Crippen LogP contribution in [0, 0.1) is 0 Å². The lowest BCUT2D eigenvalue weighted by Gasteiger charge is -2.22. The Bertz CT molecular complexity index is 1320. The van der Waals surface area contributed by atoms with E-state index in [1.54, 1.807) is 31.2 Å². The molecule has 0 spiro atoms. The van der Waals surface area contributed by atoms with Crippen LogP contribution < -0.4 is 15.4 Å². The number of alkyl halides is 3. The van der Waals surface area contributed by atoms with Crippen molar-refractivity contribution in [1.29, 1.82) is 0 Å². The van der Waals surface area contributed by atoms with Crippen molar-refractivity contribution >= 4 is 39.2 Å². The fourth-order valence-electron chi connectivity index (χ4n) is 4.56. The Morgan fingerprint density at radius 3 is 1.88 bits per heavy atom. The number of carboxylic acid groups (broad SMARTS) is 1. The molecule has 4 N–H and O–H groups in total. The lowest BCUT2D eigenvalue weighted by molar-refractivity contribution is -0.192. The summed E-state index contributed by atoms with van der Waals surface area (Å²) in [6.07, 6.45) is 3.83. The Morgan fingerprint density at radius 1 is 0.902 bits per heavy atom. The van der Waals surface area contributed by atoms with E-state index in [1.165, 1.54) is 37.8 Å². The van der Waals surface area contributed by atoms with Crippen LogP contribution >= 0.6 is 0 Å². The van der Waals surface area contributed by atoms with E-state index in [4.69, 9.17) is 9.90 Å². The molecule has 2 aliphatic rings. The highest BCUT2D eigenvalue weighted by molar-refractivity contribution is 7.92. The Morgan fingerprint density at radius 2 is 1.41 bits per heavy atom. The molecule has 2 saturated carbocycles. The average molecular weight is 598 g/mol. The molecule has 2 amide bonds. The van der Waals surface area contributed by atoms with Gasteiger partial charge >= 0.3 is 12.1 Å². The first-order valence-corrected chi connectivity index (χ1v) is 14.9. The molecule has 9 nitrogen and oxygen atoms in total. The monoisotopic (exact) mass is 597 g/mol. The number of carbonyl (C=O) groups is 3. The summed E-state index contributed by atoms with van der Waals surface area (Å²) in [5, 5.41) is 13.1. The van der Waals surface area contributed by atoms with E-state index in [-0.39, 0.29) is 22.8 Å². The van der Waals surface area contributed by atoms with Crippen LogP contribution in [-0.2, 0) is 29.8 Å². The molecule has 0 atom stereocenters. The molecule has 2 aromatic carbocycles. The van der Waals surface area contributed by atoms with Gasteiger partial charge in [-0.3, -0.25) is 14.3 Å². The molecule has 4 rings (SSSR count). The zero-order valence-electron chi connectivity index (χ0n) is 22.6. The molecule has 2 aliphatic carbocycles. The number of carboxylic acids is 1. The zero-order valence-corrected chi connectivity index (χ0v) is 23.4. The summed E-state index contributed by atoms with van der Waals surface area (Å²) in [5.74, 6) is -2.79. The van der Waals surface area contributed by atoms with Gasteiger partial charge in [0.15, 0.2) is 0 Å². The number of amides is 2. The molecule has 0 heterocycles. The molecule has 2 fully saturated rings. The Kier molecular flexibility index (Phi) is 10.4. The Labute approximate surface area is 237 Å². The van der Waals surface area contributed by atoms with Gasteiger partial charge in [-0.25, -0.2) is 13.2 Å². The van der Waals surface area contributed by atoms with Crippen molar-refractivity contribution in [2.75, 3.05) is 10.0 Å². The number of benzene rings is 2. The normalized spacial score (nSPS) is 16.8. The predicted octanol–water partition coefficient (Wildman–Crippen LogP) is 5.34. The molecule has 2 aromatic rings. The van der Waals surface area contributed by atoms with Gasteiger partial charge in [0.25, 0.3) is 10.0 Å². The number of halogens is 3. The molecular formula is C28H34F3N3O6S. The summed E-state index contributed by atoms with van der Waals surface area (Å²) in [6.45, 7) is 1.75. The van der Waals surface area contributed by atoms with E-state index in [0.29, 0.717) is 17.8 Å². The standard InChI is InChI=1S/C26H33N3O4S.C2HF3O2/c1-2-24(30)27-21-13-15-23(16-14-21)34(32,33)29-22-11-9-19(10-12-22)26(17-18-26)25(31)28-20-7-5-3-4-6-8-20;3-2(4,5)1(6)7/h9-16,20,29H,2-8,17-18H2,1H3,(H,27,30)(H,28,31);(H,6,7). The fraction of sp³-hybridized carbons (Fsp3) is 0.464. The van der Waals surface area contributed by atoms with Crippen molar-refractivity contribution in [3.05, 3.63) is 54.1 Å². The molecule has 0 aliphatic heterocycles. The first-order valence-electron chi connectivity index (χ1n) is 13.4. The molecule has 0 bridgehead atoms. The van der Waals surface area contributed by atoms with Crippen molar-refractivity contribution in [2.24, 2.45) is 0 Å². The van der Waals surface area contributed by atoms with E-state index in [1.807, 2.05) is 12.1 Å². The number of carbonyl (C=O) groups excluding carboxylic acids is 2. The zero-order chi connectivity index (χ0) is 30.3. The molecule has 0 radical (unpaired) electrons. The molecule has 0 unspecified atom stereocenters. The lowest BCUT2D eigenvalue weighted by Crippen LogP contribution is -2.41. The van der Waals surface area contributed by atoms with E-state index < -0.39 is 27.6 Å². The van der Waals surface area contributed by atoms with Gasteiger partial charge in [-0.1, -0.05) is 44.7 Å². The van der Waals surface area contributed by atoms with Gasteiger partial charge in [-0.05, 0) is 67.6 Å². The third-order valence-corrected chi connectivity index (χ3v) is 8.47. The van der Waals surface area contributed by atoms with E-state index in [0.717, 1.165) is 31.2 Å². The molecule has 13 heteroatoms. The van der Waals surface area contributed by atoms with Crippen LogP contribution in [0.5, 0.6) is 0 Å². The average Bonchev–Trinajstić information content (AvgIpc) is 3.75. The van der Waals surface area contributed by atoms with E-state index in [9.17, 15) is 31.2 Å². The first-order chi connectivity index (χ1) is 19.3. The van der Waals surface area contributed by atoms with E-state index >= 15 is 0 Å². The van der Waals surface area contributed by atoms with Gasteiger partial charge in [0, 0.05) is 23.8 Å². The second-order valence-electron chi connectivity index (χ2n) is 10.2. The summed E-state index contributed by atoms with van der Waals surface area (Å²) in [7, 11) is -3.78. The second kappa shape index (κ2) is 13.4. The number of nitrogens with one attached hydrogen (secondary N) is 3. The topological polar surface area (TPSA) is 142 Å². The van der Waals surface area contributed by atoms with Gasteiger partial charge < -0.3 is 15.7 Å². The molecule has 224 valence electrons. The van der Waals surface area contributed by atoms with Crippen molar-refractivity contribution in [2.45, 2.75) is 87.2 Å². The number of hydrogen-bond donors (Lipinski definition) is 4. The van der Waals surface area contributed by atoms with Crippen molar-refractivity contribution in [1.82, 2.24) is 5.32 Å². The minimum absolute atomic E-state index is 0.1000. The minimum atomic E-state index is -5.08. The first kappa shape index (κ1) is 31.9. The summed E-state index contributed by atoms with van der Waals surface area (Å²) >= 11 is 0. The van der Waals surface area contributed by atoms with Crippen LogP contribution in [-0.4, -0.2) is 43.5 Å². The van der Waals surface area contributed by atoms with E-state index in [2.05, 4.69) is 15.4 Å². The number of anilines is 2. The summed E-state index contributed by atoms with van der Waals surface area (Å²) in [4.78, 5) is 33.6. The fourth-order valence-corrected chi connectivity index (χ4v) is 5.62. The largest absolute Gasteiger partial charge is 0.490 e. The van der Waals surface area contributed by atoms with Crippen LogP contribution in [0.4, 0.5) is 24.5 Å². The summed E-state index contributed by atoms with van der Waals surface area (Å²) in [5.41, 5.74) is 1.43. The molecule has 0 aromatic heterocycles. The maximum atomic E-state index is 13.1. The van der Waals surface area contributed by atoms with Crippen molar-refractivity contribution < 1.29 is 41.1 Å². The third-order valence-electron chi connectivity index (χ3n) is 7.08. The van der Waals surface area contributed by atoms with Gasteiger partial charge in [0.2, 0.25) is 11.8 Å². The van der Waals surface area contributed by atoms with Crippen LogP contribution in [0.3, 0.4) is 0 Å². The lowest BCUT2D eigenvalue weighted by atomic mass is 9.94. The van der Waals surface area contributed by atoms with Gasteiger partial charge in [0.05, 0.1) is 10.3 Å². The van der Waals surface area contributed by atoms with Gasteiger partial charge in [-0.2, -0.15) is 13.2 Å².